The van der Waals surface area contributed by atoms with Crippen LogP contribution in [-0.4, -0.2) is 66.5 Å². The molecule has 3 amide bonds. The quantitative estimate of drug-likeness (QED) is 0.293. The molecule has 36 heavy (non-hydrogen) atoms. The number of unbranched alkanes of at least 4 members (excludes halogenated alkanes) is 1. The topological polar surface area (TPSA) is 122 Å². The number of urea groups is 1. The molecule has 10 nitrogen and oxygen atoms in total. The summed E-state index contributed by atoms with van der Waals surface area (Å²) in [5, 5.41) is 8.72. The Morgan fingerprint density at radius 2 is 1.97 bits per heavy atom. The lowest BCUT2D eigenvalue weighted by atomic mass is 10.1. The Morgan fingerprint density at radius 1 is 1.17 bits per heavy atom. The molecule has 11 heteroatoms. The number of amides is 3. The van der Waals surface area contributed by atoms with E-state index in [1.54, 1.807) is 18.2 Å². The summed E-state index contributed by atoms with van der Waals surface area (Å²) in [4.78, 5) is 39.6. The van der Waals surface area contributed by atoms with Crippen molar-refractivity contribution in [2.75, 3.05) is 38.6 Å². The molecule has 1 saturated heterocycles. The highest BCUT2D eigenvalue weighted by atomic mass is 32.1. The summed E-state index contributed by atoms with van der Waals surface area (Å²) in [5.74, 6) is -0.699. The molecular weight excluding hydrogens is 482 g/mol. The zero-order valence-electron chi connectivity index (χ0n) is 20.5. The van der Waals surface area contributed by atoms with Gasteiger partial charge in [0.25, 0.3) is 5.91 Å². The summed E-state index contributed by atoms with van der Waals surface area (Å²) in [6.45, 7) is 4.03. The SMILES string of the molecule is COC(=O)c1c(OCc2cccc(C(=O)NC3CC3)c2)nsc1NC(=O)NCCCCN1CCCC1. The van der Waals surface area contributed by atoms with Gasteiger partial charge in [0.1, 0.15) is 11.6 Å². The van der Waals surface area contributed by atoms with E-state index >= 15 is 0 Å². The number of benzene rings is 1. The zero-order valence-corrected chi connectivity index (χ0v) is 21.3. The normalized spacial score (nSPS) is 15.4. The van der Waals surface area contributed by atoms with Gasteiger partial charge in [0, 0.05) is 18.2 Å². The molecule has 3 N–H and O–H groups in total. The van der Waals surface area contributed by atoms with E-state index in [4.69, 9.17) is 9.47 Å². The molecule has 0 atom stereocenters. The second-order valence-electron chi connectivity index (χ2n) is 9.06. The first-order valence-electron chi connectivity index (χ1n) is 12.4. The highest BCUT2D eigenvalue weighted by Gasteiger charge is 2.25. The van der Waals surface area contributed by atoms with Crippen LogP contribution in [0.3, 0.4) is 0 Å². The first kappa shape index (κ1) is 25.9. The van der Waals surface area contributed by atoms with Gasteiger partial charge in [0.15, 0.2) is 5.56 Å². The lowest BCUT2D eigenvalue weighted by molar-refractivity contribution is 0.0596. The minimum atomic E-state index is -0.655. The maximum atomic E-state index is 12.4. The minimum Gasteiger partial charge on any atom is -0.472 e. The van der Waals surface area contributed by atoms with Crippen molar-refractivity contribution in [2.45, 2.75) is 51.2 Å². The number of carbonyl (C=O) groups is 3. The summed E-state index contributed by atoms with van der Waals surface area (Å²) in [6, 6.07) is 6.97. The Balaban J connectivity index is 1.29. The number of methoxy groups -OCH3 is 1. The predicted molar refractivity (Wildman–Crippen MR) is 137 cm³/mol. The molecule has 2 aliphatic rings. The molecule has 1 aliphatic carbocycles. The number of nitrogens with zero attached hydrogens (tertiary/aromatic N) is 2. The lowest BCUT2D eigenvalue weighted by Crippen LogP contribution is -2.30. The minimum absolute atomic E-state index is 0.0642. The number of ether oxygens (including phenoxy) is 2. The van der Waals surface area contributed by atoms with E-state index in [1.165, 1.54) is 33.0 Å². The van der Waals surface area contributed by atoms with Gasteiger partial charge in [0.2, 0.25) is 5.88 Å². The zero-order chi connectivity index (χ0) is 25.3. The van der Waals surface area contributed by atoms with Crippen LogP contribution in [0, 0.1) is 0 Å². The van der Waals surface area contributed by atoms with E-state index in [0.29, 0.717) is 12.1 Å². The Labute approximate surface area is 214 Å². The Hall–Kier alpha value is -3.18. The van der Waals surface area contributed by atoms with E-state index < -0.39 is 12.0 Å². The van der Waals surface area contributed by atoms with Gasteiger partial charge >= 0.3 is 12.0 Å². The Kier molecular flexibility index (Phi) is 9.12. The molecule has 0 unspecified atom stereocenters. The molecule has 4 rings (SSSR count). The van der Waals surface area contributed by atoms with Crippen LogP contribution in [0.15, 0.2) is 24.3 Å². The fraction of sp³-hybridized carbons (Fsp3) is 0.520. The number of carbonyl (C=O) groups excluding carboxylic acids is 3. The number of likely N-dealkylation sites (tertiary alicyclic amines) is 1. The number of aromatic nitrogens is 1. The average Bonchev–Trinajstić information content (AvgIpc) is 3.37. The maximum Gasteiger partial charge on any atom is 0.346 e. The fourth-order valence-electron chi connectivity index (χ4n) is 4.01. The first-order valence-corrected chi connectivity index (χ1v) is 13.2. The van der Waals surface area contributed by atoms with Crippen LogP contribution in [0.25, 0.3) is 0 Å². The number of nitrogens with one attached hydrogen (secondary N) is 3. The molecule has 1 aromatic carbocycles. The van der Waals surface area contributed by atoms with Gasteiger partial charge in [-0.15, -0.1) is 0 Å². The van der Waals surface area contributed by atoms with Gasteiger partial charge in [-0.3, -0.25) is 10.1 Å². The van der Waals surface area contributed by atoms with Gasteiger partial charge in [-0.05, 0) is 87.4 Å². The van der Waals surface area contributed by atoms with Crippen LogP contribution in [0.4, 0.5) is 9.80 Å². The van der Waals surface area contributed by atoms with E-state index in [1.807, 2.05) is 6.07 Å². The summed E-state index contributed by atoms with van der Waals surface area (Å²) in [6.07, 6.45) is 6.48. The van der Waals surface area contributed by atoms with Crippen molar-refractivity contribution >= 4 is 34.4 Å². The van der Waals surface area contributed by atoms with Crippen molar-refractivity contribution in [3.8, 4) is 5.88 Å². The molecule has 2 aromatic rings. The summed E-state index contributed by atoms with van der Waals surface area (Å²) >= 11 is 0.947. The van der Waals surface area contributed by atoms with E-state index in [9.17, 15) is 14.4 Å². The number of hydrogen-bond acceptors (Lipinski definition) is 8. The number of hydrogen-bond donors (Lipinski definition) is 3. The summed E-state index contributed by atoms with van der Waals surface area (Å²) in [7, 11) is 1.26. The molecular formula is C25H33N5O5S. The van der Waals surface area contributed by atoms with Crippen LogP contribution in [0.5, 0.6) is 5.88 Å². The largest absolute Gasteiger partial charge is 0.472 e. The molecule has 1 aliphatic heterocycles. The van der Waals surface area contributed by atoms with Gasteiger partial charge in [-0.1, -0.05) is 12.1 Å². The molecule has 0 radical (unpaired) electrons. The van der Waals surface area contributed by atoms with E-state index in [-0.39, 0.29) is 35.0 Å². The Bertz CT molecular complexity index is 1060. The Morgan fingerprint density at radius 3 is 2.72 bits per heavy atom. The molecule has 1 aromatic heterocycles. The van der Waals surface area contributed by atoms with E-state index in [2.05, 4.69) is 25.2 Å². The lowest BCUT2D eigenvalue weighted by Gasteiger charge is -2.14. The molecule has 0 spiro atoms. The molecule has 2 fully saturated rings. The smallest absolute Gasteiger partial charge is 0.346 e. The second-order valence-corrected chi connectivity index (χ2v) is 9.83. The fourth-order valence-corrected chi connectivity index (χ4v) is 4.73. The third-order valence-electron chi connectivity index (χ3n) is 6.14. The van der Waals surface area contributed by atoms with Gasteiger partial charge in [0.05, 0.1) is 7.11 Å². The summed E-state index contributed by atoms with van der Waals surface area (Å²) in [5.41, 5.74) is 1.37. The molecule has 194 valence electrons. The summed E-state index contributed by atoms with van der Waals surface area (Å²) < 4.78 is 14.9. The van der Waals surface area contributed by atoms with Crippen molar-refractivity contribution in [1.82, 2.24) is 19.9 Å². The van der Waals surface area contributed by atoms with E-state index in [0.717, 1.165) is 49.3 Å². The average molecular weight is 516 g/mol. The number of rotatable bonds is 12. The van der Waals surface area contributed by atoms with Crippen LogP contribution in [0.1, 0.15) is 64.8 Å². The molecule has 0 bridgehead atoms. The van der Waals surface area contributed by atoms with Crippen molar-refractivity contribution in [1.29, 1.82) is 0 Å². The van der Waals surface area contributed by atoms with Crippen LogP contribution < -0.4 is 20.7 Å². The van der Waals surface area contributed by atoms with Gasteiger partial charge < -0.3 is 25.0 Å². The third kappa shape index (κ3) is 7.41. The van der Waals surface area contributed by atoms with Gasteiger partial charge in [-0.2, -0.15) is 4.37 Å². The predicted octanol–water partition coefficient (Wildman–Crippen LogP) is 3.40. The number of anilines is 1. The first-order chi connectivity index (χ1) is 17.5. The van der Waals surface area contributed by atoms with Gasteiger partial charge in [-0.25, -0.2) is 9.59 Å². The van der Waals surface area contributed by atoms with Crippen molar-refractivity contribution in [3.05, 3.63) is 41.0 Å². The third-order valence-corrected chi connectivity index (χ3v) is 6.89. The van der Waals surface area contributed by atoms with Crippen molar-refractivity contribution < 1.29 is 23.9 Å². The maximum absolute atomic E-state index is 12.4. The van der Waals surface area contributed by atoms with Crippen molar-refractivity contribution in [3.63, 3.8) is 0 Å². The molecule has 1 saturated carbocycles. The highest BCUT2D eigenvalue weighted by molar-refractivity contribution is 7.11. The monoisotopic (exact) mass is 515 g/mol. The standard InChI is InChI=1S/C25H33N5O5S/c1-34-24(32)20-22(35-16-17-7-6-8-18(15-17)21(31)27-19-9-10-19)29-36-23(20)28-25(33)26-11-2-3-12-30-13-4-5-14-30/h6-8,15,19H,2-5,9-14,16H2,1H3,(H,27,31)(H2,26,28,33). The van der Waals surface area contributed by atoms with Crippen LogP contribution >= 0.6 is 11.5 Å². The highest BCUT2D eigenvalue weighted by Crippen LogP contribution is 2.32. The van der Waals surface area contributed by atoms with Crippen molar-refractivity contribution in [2.24, 2.45) is 0 Å². The van der Waals surface area contributed by atoms with Crippen LogP contribution in [-0.2, 0) is 11.3 Å². The number of esters is 1. The molecule has 2 heterocycles. The second kappa shape index (κ2) is 12.7. The van der Waals surface area contributed by atoms with Crippen LogP contribution in [0.2, 0.25) is 0 Å².